The molecule has 9 rings (SSSR count). The van der Waals surface area contributed by atoms with Crippen LogP contribution in [0.5, 0.6) is 0 Å². The standard InChI is InChI=1S/C36H39N11O2/c1-21(2)47(35(49)44-23-8-16-46(20-23)29-6-14-38-27-18-42-33-25(31(27)29)4-12-40-33)36(9-10-36)34(48)43-22-7-15-45(19-22)28-5-13-37-26-17-41-32-24(30(26)28)3-11-39-32/h3-6,11-14,17-18,21-23H,7-10,15-16,19-20H2,1-2H3,(H,39,41)(H,40,42)(H,43,48)(H,44,49). The van der Waals surface area contributed by atoms with Gasteiger partial charge >= 0.3 is 6.03 Å². The number of urea groups is 1. The largest absolute Gasteiger partial charge is 0.369 e. The maximum absolute atomic E-state index is 14.0. The van der Waals surface area contributed by atoms with Crippen LogP contribution in [0.25, 0.3) is 43.9 Å². The topological polar surface area (TPSA) is 151 Å². The zero-order chi connectivity index (χ0) is 33.3. The highest BCUT2D eigenvalue weighted by Gasteiger charge is 2.58. The molecule has 2 saturated heterocycles. The van der Waals surface area contributed by atoms with Gasteiger partial charge in [-0.05, 0) is 63.8 Å². The fourth-order valence-electron chi connectivity index (χ4n) is 8.18. The highest BCUT2D eigenvalue weighted by Crippen LogP contribution is 2.44. The predicted molar refractivity (Wildman–Crippen MR) is 190 cm³/mol. The summed E-state index contributed by atoms with van der Waals surface area (Å²) in [6, 6.07) is 7.79. The number of carbonyl (C=O) groups is 2. The van der Waals surface area contributed by atoms with E-state index < -0.39 is 5.54 Å². The van der Waals surface area contributed by atoms with Gasteiger partial charge in [-0.2, -0.15) is 0 Å². The van der Waals surface area contributed by atoms with E-state index in [2.05, 4.69) is 50.3 Å². The molecule has 6 aromatic rings. The third-order valence-electron chi connectivity index (χ3n) is 10.6. The van der Waals surface area contributed by atoms with Crippen molar-refractivity contribution in [3.63, 3.8) is 0 Å². The Morgan fingerprint density at radius 2 is 1.33 bits per heavy atom. The van der Waals surface area contributed by atoms with Crippen molar-refractivity contribution in [1.29, 1.82) is 0 Å². The molecule has 3 fully saturated rings. The Morgan fingerprint density at radius 1 is 0.796 bits per heavy atom. The lowest BCUT2D eigenvalue weighted by atomic mass is 10.1. The molecule has 8 heterocycles. The van der Waals surface area contributed by atoms with Crippen molar-refractivity contribution in [2.24, 2.45) is 0 Å². The van der Waals surface area contributed by atoms with Gasteiger partial charge in [-0.25, -0.2) is 14.8 Å². The lowest BCUT2D eigenvalue weighted by molar-refractivity contribution is -0.128. The second kappa shape index (κ2) is 11.3. The van der Waals surface area contributed by atoms with Gasteiger partial charge in [0.2, 0.25) is 5.91 Å². The van der Waals surface area contributed by atoms with Gasteiger partial charge in [0.1, 0.15) is 16.8 Å². The first-order valence-corrected chi connectivity index (χ1v) is 17.2. The smallest absolute Gasteiger partial charge is 0.318 e. The molecule has 0 radical (unpaired) electrons. The van der Waals surface area contributed by atoms with Crippen LogP contribution in [0.3, 0.4) is 0 Å². The molecule has 0 spiro atoms. The molecule has 0 aromatic carbocycles. The summed E-state index contributed by atoms with van der Waals surface area (Å²) in [6.07, 6.45) is 14.0. The van der Waals surface area contributed by atoms with E-state index >= 15 is 0 Å². The lowest BCUT2D eigenvalue weighted by Crippen LogP contribution is -2.60. The summed E-state index contributed by atoms with van der Waals surface area (Å²) < 4.78 is 0. The number of hydrogen-bond donors (Lipinski definition) is 4. The molecule has 2 aliphatic heterocycles. The van der Waals surface area contributed by atoms with E-state index in [4.69, 9.17) is 0 Å². The Bertz CT molecular complexity index is 2240. The molecule has 3 aliphatic rings. The maximum Gasteiger partial charge on any atom is 0.318 e. The molecule has 13 nitrogen and oxygen atoms in total. The number of hydrogen-bond acceptors (Lipinski definition) is 8. The van der Waals surface area contributed by atoms with Crippen molar-refractivity contribution in [3.05, 3.63) is 61.4 Å². The number of carbonyl (C=O) groups excluding carboxylic acids is 2. The number of pyridine rings is 4. The number of nitrogens with one attached hydrogen (secondary N) is 4. The SMILES string of the molecule is CC(C)N(C(=O)NC1CCN(c2ccnc3cnc4[nH]ccc4c23)C1)C1(C(=O)NC2CCN(c3ccnc4cnc5[nH]ccc5c34)C2)CC1. The first kappa shape index (κ1) is 29.7. The summed E-state index contributed by atoms with van der Waals surface area (Å²) in [6.45, 7) is 6.98. The normalized spacial score (nSPS) is 20.2. The second-order valence-electron chi connectivity index (χ2n) is 14.0. The van der Waals surface area contributed by atoms with Crippen molar-refractivity contribution >= 4 is 67.2 Å². The van der Waals surface area contributed by atoms with Gasteiger partial charge in [-0.3, -0.25) is 14.8 Å². The van der Waals surface area contributed by atoms with E-state index in [-0.39, 0.29) is 30.1 Å². The van der Waals surface area contributed by atoms with Crippen LogP contribution in [-0.2, 0) is 4.79 Å². The number of nitrogens with zero attached hydrogens (tertiary/aromatic N) is 7. The van der Waals surface area contributed by atoms with Crippen molar-refractivity contribution in [3.8, 4) is 0 Å². The van der Waals surface area contributed by atoms with Gasteiger partial charge < -0.3 is 35.3 Å². The molecule has 3 amide bonds. The van der Waals surface area contributed by atoms with Crippen LogP contribution in [0.15, 0.2) is 61.4 Å². The zero-order valence-electron chi connectivity index (χ0n) is 27.6. The molecule has 2 atom stereocenters. The highest BCUT2D eigenvalue weighted by molar-refractivity contribution is 6.11. The number of aromatic amines is 2. The molecule has 0 bridgehead atoms. The van der Waals surface area contributed by atoms with Gasteiger partial charge in [-0.15, -0.1) is 0 Å². The van der Waals surface area contributed by atoms with Gasteiger partial charge in [0.05, 0.1) is 23.4 Å². The molecule has 4 N–H and O–H groups in total. The third-order valence-corrected chi connectivity index (χ3v) is 10.6. The Balaban J connectivity index is 0.882. The Hall–Kier alpha value is -5.46. The van der Waals surface area contributed by atoms with Gasteiger partial charge in [-0.1, -0.05) is 0 Å². The fourth-order valence-corrected chi connectivity index (χ4v) is 8.18. The average molecular weight is 658 g/mol. The number of anilines is 2. The Labute approximate surface area is 282 Å². The number of rotatable bonds is 7. The molecule has 1 aliphatic carbocycles. The quantitative estimate of drug-likeness (QED) is 0.197. The summed E-state index contributed by atoms with van der Waals surface area (Å²) in [4.78, 5) is 58.9. The fraction of sp³-hybridized carbons (Fsp3) is 0.389. The average Bonchev–Trinajstić information content (AvgIpc) is 3.62. The summed E-state index contributed by atoms with van der Waals surface area (Å²) in [5.41, 5.74) is 4.72. The van der Waals surface area contributed by atoms with Crippen molar-refractivity contribution in [1.82, 2.24) is 45.4 Å². The summed E-state index contributed by atoms with van der Waals surface area (Å²) in [7, 11) is 0. The predicted octanol–water partition coefficient (Wildman–Crippen LogP) is 4.46. The van der Waals surface area contributed by atoms with E-state index in [1.165, 1.54) is 0 Å². The third kappa shape index (κ3) is 4.89. The molecule has 13 heteroatoms. The van der Waals surface area contributed by atoms with E-state index in [1.54, 1.807) is 17.3 Å². The van der Waals surface area contributed by atoms with Crippen LogP contribution in [-0.4, -0.2) is 96.6 Å². The summed E-state index contributed by atoms with van der Waals surface area (Å²) >= 11 is 0. The van der Waals surface area contributed by atoms with Crippen LogP contribution >= 0.6 is 0 Å². The summed E-state index contributed by atoms with van der Waals surface area (Å²) in [5, 5.41) is 10.9. The number of H-pyrrole nitrogens is 2. The molecule has 49 heavy (non-hydrogen) atoms. The Kier molecular flexibility index (Phi) is 6.85. The first-order chi connectivity index (χ1) is 23.9. The van der Waals surface area contributed by atoms with Crippen molar-refractivity contribution < 1.29 is 9.59 Å². The zero-order valence-corrected chi connectivity index (χ0v) is 27.6. The second-order valence-corrected chi connectivity index (χ2v) is 14.0. The summed E-state index contributed by atoms with van der Waals surface area (Å²) in [5.74, 6) is -0.0551. The minimum Gasteiger partial charge on any atom is -0.369 e. The van der Waals surface area contributed by atoms with Gasteiger partial charge in [0, 0.05) is 102 Å². The van der Waals surface area contributed by atoms with E-state index in [0.29, 0.717) is 25.9 Å². The highest BCUT2D eigenvalue weighted by atomic mass is 16.2. The minimum atomic E-state index is -0.829. The first-order valence-electron chi connectivity index (χ1n) is 17.2. The molecule has 6 aromatic heterocycles. The van der Waals surface area contributed by atoms with E-state index in [0.717, 1.165) is 81.2 Å². The van der Waals surface area contributed by atoms with Crippen LogP contribution in [0.1, 0.15) is 39.5 Å². The van der Waals surface area contributed by atoms with Gasteiger partial charge in [0.15, 0.2) is 0 Å². The number of amides is 3. The van der Waals surface area contributed by atoms with Crippen LogP contribution in [0, 0.1) is 0 Å². The monoisotopic (exact) mass is 657 g/mol. The van der Waals surface area contributed by atoms with Crippen molar-refractivity contribution in [2.75, 3.05) is 36.0 Å². The molecule has 2 unspecified atom stereocenters. The van der Waals surface area contributed by atoms with Crippen LogP contribution in [0.4, 0.5) is 16.2 Å². The molecular formula is C36H39N11O2. The molecular weight excluding hydrogens is 618 g/mol. The van der Waals surface area contributed by atoms with Crippen LogP contribution < -0.4 is 20.4 Å². The van der Waals surface area contributed by atoms with Gasteiger partial charge in [0.25, 0.3) is 0 Å². The van der Waals surface area contributed by atoms with E-state index in [1.807, 2.05) is 62.9 Å². The molecule has 1 saturated carbocycles. The maximum atomic E-state index is 14.0. The molecule has 250 valence electrons. The minimum absolute atomic E-state index is 0.0194. The number of aromatic nitrogens is 6. The van der Waals surface area contributed by atoms with Crippen LogP contribution in [0.2, 0.25) is 0 Å². The lowest BCUT2D eigenvalue weighted by Gasteiger charge is -2.36. The van der Waals surface area contributed by atoms with Crippen molar-refractivity contribution in [2.45, 2.75) is 63.2 Å². The Morgan fingerprint density at radius 3 is 1.84 bits per heavy atom. The van der Waals surface area contributed by atoms with E-state index in [9.17, 15) is 9.59 Å². The number of fused-ring (bicyclic) bond motifs is 6.